The molecular formula is C24H41IN6. The van der Waals surface area contributed by atoms with E-state index in [0.717, 1.165) is 57.7 Å². The average Bonchev–Trinajstić information content (AvgIpc) is 3.49. The van der Waals surface area contributed by atoms with Crippen molar-refractivity contribution in [1.29, 1.82) is 0 Å². The van der Waals surface area contributed by atoms with Crippen molar-refractivity contribution in [2.24, 2.45) is 4.99 Å². The molecule has 1 saturated carbocycles. The van der Waals surface area contributed by atoms with Crippen LogP contribution < -0.4 is 15.5 Å². The molecule has 2 aliphatic heterocycles. The molecule has 1 unspecified atom stereocenters. The van der Waals surface area contributed by atoms with Crippen LogP contribution in [0.3, 0.4) is 0 Å². The molecule has 31 heavy (non-hydrogen) atoms. The van der Waals surface area contributed by atoms with Crippen LogP contribution in [0.25, 0.3) is 0 Å². The number of hydrogen-bond donors (Lipinski definition) is 2. The number of nitrogens with one attached hydrogen (secondary N) is 2. The van der Waals surface area contributed by atoms with Crippen LogP contribution in [-0.4, -0.2) is 87.2 Å². The van der Waals surface area contributed by atoms with Crippen molar-refractivity contribution in [3.63, 3.8) is 0 Å². The highest BCUT2D eigenvalue weighted by molar-refractivity contribution is 14.0. The van der Waals surface area contributed by atoms with E-state index < -0.39 is 0 Å². The summed E-state index contributed by atoms with van der Waals surface area (Å²) in [6, 6.07) is 12.2. The summed E-state index contributed by atoms with van der Waals surface area (Å²) in [4.78, 5) is 12.2. The number of guanidine groups is 1. The highest BCUT2D eigenvalue weighted by Gasteiger charge is 2.30. The van der Waals surface area contributed by atoms with Crippen LogP contribution in [0, 0.1) is 0 Å². The average molecular weight is 541 g/mol. The fraction of sp³-hybridized carbons (Fsp3) is 0.708. The third-order valence-electron chi connectivity index (χ3n) is 7.06. The quantitative estimate of drug-likeness (QED) is 0.241. The van der Waals surface area contributed by atoms with Crippen molar-refractivity contribution in [3.05, 3.63) is 30.3 Å². The molecule has 3 aliphatic rings. The summed E-state index contributed by atoms with van der Waals surface area (Å²) in [5, 5.41) is 7.20. The number of anilines is 1. The van der Waals surface area contributed by atoms with Crippen molar-refractivity contribution >= 4 is 35.6 Å². The largest absolute Gasteiger partial charge is 0.369 e. The zero-order valence-electron chi connectivity index (χ0n) is 19.1. The SMILES string of the molecule is CN=C(NCCCN1CCN(c2ccccc2)CC1)NC1CCN(C2CCCC2)C1.I. The highest BCUT2D eigenvalue weighted by atomic mass is 127. The van der Waals surface area contributed by atoms with Crippen LogP contribution in [0.2, 0.25) is 0 Å². The standard InChI is InChI=1S/C24H40N6.HI/c1-25-24(27-21-12-15-30(20-21)23-10-5-6-11-23)26-13-7-14-28-16-18-29(19-17-28)22-8-3-2-4-9-22;/h2-4,8-9,21,23H,5-7,10-20H2,1H3,(H2,25,26,27);1H. The Morgan fingerprint density at radius 2 is 1.74 bits per heavy atom. The minimum absolute atomic E-state index is 0. The van der Waals surface area contributed by atoms with Gasteiger partial charge in [-0.25, -0.2) is 0 Å². The van der Waals surface area contributed by atoms with E-state index in [9.17, 15) is 0 Å². The Hall–Kier alpha value is -1.06. The topological polar surface area (TPSA) is 46.1 Å². The molecule has 1 aliphatic carbocycles. The first-order chi connectivity index (χ1) is 14.8. The number of nitrogens with zero attached hydrogens (tertiary/aromatic N) is 4. The van der Waals surface area contributed by atoms with Crippen molar-refractivity contribution in [1.82, 2.24) is 20.4 Å². The molecule has 2 N–H and O–H groups in total. The zero-order chi connectivity index (χ0) is 20.6. The Balaban J connectivity index is 0.00000272. The number of halogens is 1. The molecule has 0 aromatic heterocycles. The third kappa shape index (κ3) is 7.22. The maximum Gasteiger partial charge on any atom is 0.191 e. The Bertz CT molecular complexity index is 655. The van der Waals surface area contributed by atoms with Gasteiger partial charge in [-0.1, -0.05) is 31.0 Å². The van der Waals surface area contributed by atoms with Crippen molar-refractivity contribution in [3.8, 4) is 0 Å². The van der Waals surface area contributed by atoms with Crippen LogP contribution in [0.5, 0.6) is 0 Å². The number of benzene rings is 1. The van der Waals surface area contributed by atoms with Gasteiger partial charge < -0.3 is 15.5 Å². The molecule has 4 rings (SSSR count). The third-order valence-corrected chi connectivity index (χ3v) is 7.06. The number of para-hydroxylation sites is 1. The van der Waals surface area contributed by atoms with Gasteiger partial charge in [-0.05, 0) is 44.4 Å². The number of rotatable bonds is 7. The van der Waals surface area contributed by atoms with Gasteiger partial charge >= 0.3 is 0 Å². The van der Waals surface area contributed by atoms with E-state index in [4.69, 9.17) is 0 Å². The molecule has 2 saturated heterocycles. The monoisotopic (exact) mass is 540 g/mol. The van der Waals surface area contributed by atoms with Crippen molar-refractivity contribution in [2.45, 2.75) is 50.6 Å². The van der Waals surface area contributed by atoms with Crippen LogP contribution in [-0.2, 0) is 0 Å². The summed E-state index contributed by atoms with van der Waals surface area (Å²) in [7, 11) is 1.89. The fourth-order valence-electron chi connectivity index (χ4n) is 5.27. The highest BCUT2D eigenvalue weighted by Crippen LogP contribution is 2.26. The molecule has 1 aromatic carbocycles. The van der Waals surface area contributed by atoms with Gasteiger partial charge in [0, 0.05) is 70.6 Å². The minimum Gasteiger partial charge on any atom is -0.369 e. The number of piperazine rings is 1. The van der Waals surface area contributed by atoms with Crippen LogP contribution in [0.15, 0.2) is 35.3 Å². The second kappa shape index (κ2) is 12.8. The second-order valence-corrected chi connectivity index (χ2v) is 9.08. The lowest BCUT2D eigenvalue weighted by atomic mass is 10.2. The van der Waals surface area contributed by atoms with Crippen molar-refractivity contribution in [2.75, 3.05) is 64.3 Å². The van der Waals surface area contributed by atoms with E-state index in [0.29, 0.717) is 6.04 Å². The minimum atomic E-state index is 0. The van der Waals surface area contributed by atoms with Crippen LogP contribution in [0.4, 0.5) is 5.69 Å². The maximum atomic E-state index is 4.46. The van der Waals surface area contributed by atoms with E-state index in [1.54, 1.807) is 0 Å². The smallest absolute Gasteiger partial charge is 0.191 e. The van der Waals surface area contributed by atoms with Gasteiger partial charge in [-0.2, -0.15) is 0 Å². The van der Waals surface area contributed by atoms with E-state index in [-0.39, 0.29) is 24.0 Å². The molecule has 1 aromatic rings. The van der Waals surface area contributed by atoms with E-state index >= 15 is 0 Å². The maximum absolute atomic E-state index is 4.46. The molecule has 0 amide bonds. The Labute approximate surface area is 205 Å². The number of likely N-dealkylation sites (tertiary alicyclic amines) is 1. The second-order valence-electron chi connectivity index (χ2n) is 9.08. The molecule has 174 valence electrons. The lowest BCUT2D eigenvalue weighted by molar-refractivity contribution is 0.242. The van der Waals surface area contributed by atoms with Gasteiger partial charge in [0.25, 0.3) is 0 Å². The van der Waals surface area contributed by atoms with E-state index in [1.807, 2.05) is 7.05 Å². The molecule has 6 nitrogen and oxygen atoms in total. The van der Waals surface area contributed by atoms with Crippen LogP contribution in [0.1, 0.15) is 38.5 Å². The lowest BCUT2D eigenvalue weighted by Crippen LogP contribution is -2.48. The fourth-order valence-corrected chi connectivity index (χ4v) is 5.27. The van der Waals surface area contributed by atoms with Crippen molar-refractivity contribution < 1.29 is 0 Å². The first-order valence-corrected chi connectivity index (χ1v) is 12.1. The van der Waals surface area contributed by atoms with Gasteiger partial charge in [-0.3, -0.25) is 14.8 Å². The zero-order valence-corrected chi connectivity index (χ0v) is 21.5. The van der Waals surface area contributed by atoms with Gasteiger partial charge in [0.2, 0.25) is 0 Å². The molecule has 0 radical (unpaired) electrons. The molecule has 2 heterocycles. The first kappa shape index (κ1) is 24.6. The summed E-state index contributed by atoms with van der Waals surface area (Å²) in [6.45, 7) is 9.12. The van der Waals surface area contributed by atoms with Crippen LogP contribution >= 0.6 is 24.0 Å². The van der Waals surface area contributed by atoms with Gasteiger partial charge in [0.15, 0.2) is 5.96 Å². The van der Waals surface area contributed by atoms with E-state index in [2.05, 4.69) is 60.7 Å². The van der Waals surface area contributed by atoms with Gasteiger partial charge in [0.1, 0.15) is 0 Å². The lowest BCUT2D eigenvalue weighted by Gasteiger charge is -2.36. The first-order valence-electron chi connectivity index (χ1n) is 12.1. The summed E-state index contributed by atoms with van der Waals surface area (Å²) in [6.07, 6.45) is 8.04. The molecule has 3 fully saturated rings. The molecule has 7 heteroatoms. The summed E-state index contributed by atoms with van der Waals surface area (Å²) < 4.78 is 0. The molecular weight excluding hydrogens is 499 g/mol. The molecule has 1 atom stereocenters. The summed E-state index contributed by atoms with van der Waals surface area (Å²) in [5.74, 6) is 0.974. The van der Waals surface area contributed by atoms with Gasteiger partial charge in [0.05, 0.1) is 0 Å². The normalized spacial score (nSPS) is 23.7. The molecule has 0 bridgehead atoms. The molecule has 0 spiro atoms. The Morgan fingerprint density at radius 1 is 1.00 bits per heavy atom. The predicted octanol–water partition coefficient (Wildman–Crippen LogP) is 3.00. The van der Waals surface area contributed by atoms with E-state index in [1.165, 1.54) is 50.9 Å². The number of aliphatic imine (C=N–C) groups is 1. The van der Waals surface area contributed by atoms with Gasteiger partial charge in [-0.15, -0.1) is 24.0 Å². The summed E-state index contributed by atoms with van der Waals surface area (Å²) in [5.41, 5.74) is 1.35. The Morgan fingerprint density at radius 3 is 2.45 bits per heavy atom. The predicted molar refractivity (Wildman–Crippen MR) is 142 cm³/mol. The number of hydrogen-bond acceptors (Lipinski definition) is 4. The summed E-state index contributed by atoms with van der Waals surface area (Å²) >= 11 is 0. The Kier molecular flexibility index (Phi) is 10.2.